The number of guanidine groups is 1. The molecular formula is C73H130N8O4. The van der Waals surface area contributed by atoms with Crippen molar-refractivity contribution in [3.63, 3.8) is 0 Å². The Balaban J connectivity index is 0.716. The zero-order valence-corrected chi connectivity index (χ0v) is 56.3. The van der Waals surface area contributed by atoms with Crippen LogP contribution in [-0.2, 0) is 9.47 Å². The number of carbonyl (C=O) groups is 2. The van der Waals surface area contributed by atoms with Crippen molar-refractivity contribution >= 4 is 18.1 Å². The molecule has 0 aromatic carbocycles. The van der Waals surface area contributed by atoms with Crippen molar-refractivity contribution in [2.45, 2.75) is 261 Å². The van der Waals surface area contributed by atoms with Gasteiger partial charge in [0.15, 0.2) is 5.96 Å². The zero-order valence-electron chi connectivity index (χ0n) is 56.3. The summed E-state index contributed by atoms with van der Waals surface area (Å²) in [5.41, 5.74) is 22.0. The minimum Gasteiger partial charge on any atom is -0.446 e. The number of ether oxygens (including phenoxy) is 2. The molecule has 0 radical (unpaired) electrons. The van der Waals surface area contributed by atoms with E-state index >= 15 is 0 Å². The second kappa shape index (κ2) is 31.3. The Bertz CT molecular complexity index is 2200. The highest BCUT2D eigenvalue weighted by Crippen LogP contribution is 2.69. The van der Waals surface area contributed by atoms with Crippen LogP contribution in [0.3, 0.4) is 0 Å². The molecule has 0 aromatic heterocycles. The number of carbonyl (C=O) groups excluding carboxylic acids is 2. The fraction of sp³-hybridized carbons (Fsp3) is 0.904. The first-order valence-electron chi connectivity index (χ1n) is 36.2. The van der Waals surface area contributed by atoms with Gasteiger partial charge in [-0.2, -0.15) is 0 Å². The van der Waals surface area contributed by atoms with Crippen LogP contribution >= 0.6 is 0 Å². The van der Waals surface area contributed by atoms with Crippen LogP contribution in [0, 0.1) is 92.7 Å². The maximum atomic E-state index is 13.3. The number of allylic oxidation sites excluding steroid dienone is 2. The second-order valence-electron chi connectivity index (χ2n) is 31.9. The first-order valence-corrected chi connectivity index (χ1v) is 36.2. The molecule has 486 valence electrons. The number of aliphatic imine (C=N–C) groups is 1. The number of nitrogens with one attached hydrogen (secondary N) is 2. The van der Waals surface area contributed by atoms with Crippen molar-refractivity contribution in [1.82, 2.24) is 20.4 Å². The Morgan fingerprint density at radius 3 is 1.39 bits per heavy atom. The molecule has 0 saturated heterocycles. The molecule has 6 fully saturated rings. The molecule has 2 amide bonds. The number of nitrogens with two attached hydrogens (primary N) is 3. The third-order valence-electron chi connectivity index (χ3n) is 25.7. The average molecular weight is 1180 g/mol. The van der Waals surface area contributed by atoms with E-state index < -0.39 is 0 Å². The van der Waals surface area contributed by atoms with E-state index in [9.17, 15) is 9.59 Å². The molecule has 0 aromatic rings. The zero-order chi connectivity index (χ0) is 60.9. The summed E-state index contributed by atoms with van der Waals surface area (Å²) in [7, 11) is 0. The molecular weight excluding hydrogens is 1050 g/mol. The van der Waals surface area contributed by atoms with Crippen LogP contribution in [0.25, 0.3) is 0 Å². The molecule has 8 aliphatic carbocycles. The van der Waals surface area contributed by atoms with Crippen LogP contribution in [0.4, 0.5) is 9.59 Å². The van der Waals surface area contributed by atoms with Gasteiger partial charge in [0.1, 0.15) is 12.2 Å². The Kier molecular flexibility index (Phi) is 25.0. The molecule has 0 heterocycles. The van der Waals surface area contributed by atoms with Crippen LogP contribution in [0.2, 0.25) is 0 Å². The Hall–Kier alpha value is -2.83. The van der Waals surface area contributed by atoms with Crippen molar-refractivity contribution < 1.29 is 19.1 Å². The largest absolute Gasteiger partial charge is 0.446 e. The predicted octanol–water partition coefficient (Wildman–Crippen LogP) is 15.4. The standard InChI is InChI=1S/C73H130N8O4/c1-51(2)19-13-21-53(5)61-27-29-63-59-25-23-55-49-57(31-35-70(55,7)65(59)33-37-72(61,63)9)84-68(82)78-41-17-47-80(45-15-39-74)43-11-12-44-81(46-16-40-77-67(75)76)48-18-42-79-69(83)85-58-32-36-71(8)56(50-58)24-26-60-64-30-28-62(54(6)22-14-20-52(3)4)73(64,10)38-34-66(60)71/h23-24,51-54,57-66H,11-22,25-50,74H2,1-10H3,(H,78,82)(H,79,83)(H4,75,76,77). The lowest BCUT2D eigenvalue weighted by Crippen LogP contribution is -2.51. The van der Waals surface area contributed by atoms with Crippen LogP contribution in [0.15, 0.2) is 28.3 Å². The van der Waals surface area contributed by atoms with E-state index in [0.717, 1.165) is 187 Å². The summed E-state index contributed by atoms with van der Waals surface area (Å²) in [5.74, 6) is 10.0. The van der Waals surface area contributed by atoms with Crippen LogP contribution < -0.4 is 27.8 Å². The summed E-state index contributed by atoms with van der Waals surface area (Å²) in [4.78, 5) is 35.9. The maximum absolute atomic E-state index is 13.3. The summed E-state index contributed by atoms with van der Waals surface area (Å²) in [6.45, 7) is 33.3. The van der Waals surface area contributed by atoms with E-state index in [1.165, 1.54) is 103 Å². The van der Waals surface area contributed by atoms with Crippen LogP contribution in [0.1, 0.15) is 249 Å². The quantitative estimate of drug-likeness (QED) is 0.0190. The molecule has 12 nitrogen and oxygen atoms in total. The van der Waals surface area contributed by atoms with Crippen molar-refractivity contribution in [3.05, 3.63) is 23.3 Å². The van der Waals surface area contributed by atoms with Gasteiger partial charge in [0.2, 0.25) is 0 Å². The fourth-order valence-electron chi connectivity index (χ4n) is 21.0. The summed E-state index contributed by atoms with van der Waals surface area (Å²) >= 11 is 0. The molecule has 8 rings (SSSR count). The van der Waals surface area contributed by atoms with E-state index in [1.54, 1.807) is 11.1 Å². The number of hydrogen-bond acceptors (Lipinski definition) is 8. The van der Waals surface area contributed by atoms with Crippen molar-refractivity contribution in [2.75, 3.05) is 65.4 Å². The van der Waals surface area contributed by atoms with Crippen molar-refractivity contribution in [3.8, 4) is 0 Å². The smallest absolute Gasteiger partial charge is 0.407 e. The minimum atomic E-state index is -0.271. The Labute approximate surface area is 520 Å². The van der Waals surface area contributed by atoms with E-state index in [1.807, 2.05) is 0 Å². The lowest BCUT2D eigenvalue weighted by Gasteiger charge is -2.58. The normalized spacial score (nSPS) is 34.7. The third kappa shape index (κ3) is 17.0. The van der Waals surface area contributed by atoms with Gasteiger partial charge in [0.05, 0.1) is 0 Å². The lowest BCUT2D eigenvalue weighted by molar-refractivity contribution is -0.0581. The summed E-state index contributed by atoms with van der Waals surface area (Å²) < 4.78 is 12.4. The monoisotopic (exact) mass is 1180 g/mol. The van der Waals surface area contributed by atoms with E-state index in [2.05, 4.69) is 107 Å². The highest BCUT2D eigenvalue weighted by Gasteiger charge is 2.61. The Morgan fingerprint density at radius 1 is 0.541 bits per heavy atom. The highest BCUT2D eigenvalue weighted by atomic mass is 16.6. The Morgan fingerprint density at radius 2 is 0.965 bits per heavy atom. The maximum Gasteiger partial charge on any atom is 0.407 e. The van der Waals surface area contributed by atoms with Gasteiger partial charge in [-0.1, -0.05) is 131 Å². The van der Waals surface area contributed by atoms with Gasteiger partial charge < -0.3 is 47.1 Å². The predicted molar refractivity (Wildman–Crippen MR) is 353 cm³/mol. The molecule has 85 heavy (non-hydrogen) atoms. The summed E-state index contributed by atoms with van der Waals surface area (Å²) in [6, 6.07) is 0. The molecule has 16 atom stereocenters. The lowest BCUT2D eigenvalue weighted by atomic mass is 9.47. The highest BCUT2D eigenvalue weighted by molar-refractivity contribution is 5.75. The van der Waals surface area contributed by atoms with Gasteiger partial charge in [-0.3, -0.25) is 4.99 Å². The van der Waals surface area contributed by atoms with E-state index in [4.69, 9.17) is 26.7 Å². The first kappa shape index (κ1) is 68.1. The van der Waals surface area contributed by atoms with Gasteiger partial charge in [-0.15, -0.1) is 0 Å². The van der Waals surface area contributed by atoms with E-state index in [0.29, 0.717) is 37.0 Å². The SMILES string of the molecule is CC(C)CCCC(C)C1CCC2C3CC=C4CC(OC(=O)NCCCN(CCCN)CCCCN(CCCN=C(N)N)CCCNC(=O)OC5CCC6(C)C(=CCC7C6CCC6(C)C(C(C)CCCC(C)C)CCC76)C5)CCC4(C)C3CCC12C. The number of hydrogen-bond donors (Lipinski definition) is 5. The second-order valence-corrected chi connectivity index (χ2v) is 31.9. The van der Waals surface area contributed by atoms with E-state index in [-0.39, 0.29) is 41.2 Å². The first-order chi connectivity index (χ1) is 40.7. The number of unbranched alkanes of at least 4 members (excludes halogenated alkanes) is 1. The molecule has 0 aliphatic heterocycles. The van der Waals surface area contributed by atoms with Crippen LogP contribution in [0.5, 0.6) is 0 Å². The fourth-order valence-corrected chi connectivity index (χ4v) is 21.0. The van der Waals surface area contributed by atoms with Gasteiger partial charge in [-0.25, -0.2) is 9.59 Å². The number of amides is 2. The summed E-state index contributed by atoms with van der Waals surface area (Å²) in [5, 5.41) is 6.26. The molecule has 0 spiro atoms. The minimum absolute atomic E-state index is 0.0359. The van der Waals surface area contributed by atoms with Gasteiger partial charge in [-0.05, 0) is 267 Å². The molecule has 8 N–H and O–H groups in total. The van der Waals surface area contributed by atoms with Crippen molar-refractivity contribution in [2.24, 2.45) is 115 Å². The van der Waals surface area contributed by atoms with Gasteiger partial charge in [0.25, 0.3) is 0 Å². The van der Waals surface area contributed by atoms with Gasteiger partial charge >= 0.3 is 12.2 Å². The molecule has 0 bridgehead atoms. The summed E-state index contributed by atoms with van der Waals surface area (Å²) in [6.07, 6.45) is 38.2. The van der Waals surface area contributed by atoms with Crippen LogP contribution in [-0.4, -0.2) is 106 Å². The molecule has 6 saturated carbocycles. The van der Waals surface area contributed by atoms with Crippen molar-refractivity contribution in [1.29, 1.82) is 0 Å². The number of alkyl carbamates (subject to hydrolysis) is 2. The number of rotatable bonds is 32. The topological polar surface area (TPSA) is 174 Å². The molecule has 12 heteroatoms. The molecule has 8 aliphatic rings. The third-order valence-corrected chi connectivity index (χ3v) is 25.7. The average Bonchev–Trinajstić information content (AvgIpc) is 1.74. The van der Waals surface area contributed by atoms with Gasteiger partial charge in [0, 0.05) is 32.5 Å². The molecule has 16 unspecified atom stereocenters. The number of fused-ring (bicyclic) bond motifs is 10. The number of nitrogens with zero attached hydrogens (tertiary/aromatic N) is 3.